The van der Waals surface area contributed by atoms with Crippen LogP contribution in [0.1, 0.15) is 28.5 Å². The number of ether oxygens (including phenoxy) is 1. The summed E-state index contributed by atoms with van der Waals surface area (Å²) in [5, 5.41) is 9.79. The predicted octanol–water partition coefficient (Wildman–Crippen LogP) is 5.38. The first-order valence-corrected chi connectivity index (χ1v) is 17.8. The van der Waals surface area contributed by atoms with Gasteiger partial charge in [-0.2, -0.15) is 0 Å². The Balaban J connectivity index is 1.28. The summed E-state index contributed by atoms with van der Waals surface area (Å²) < 4.78 is 6.23. The highest BCUT2D eigenvalue weighted by Gasteiger charge is 2.55. The number of thiazole rings is 1. The van der Waals surface area contributed by atoms with E-state index in [-0.39, 0.29) is 28.8 Å². The number of nitrogens with two attached hydrogens (primary N) is 1. The fraction of sp³-hybridized carbons (Fsp3) is 0.143. The molecule has 0 saturated carbocycles. The third kappa shape index (κ3) is 7.77. The second-order valence-corrected chi connectivity index (χ2v) is 13.5. The van der Waals surface area contributed by atoms with Crippen molar-refractivity contribution >= 4 is 69.6 Å². The van der Waals surface area contributed by atoms with Gasteiger partial charge in [-0.05, 0) is 34.2 Å². The molecule has 2 aromatic carbocycles. The summed E-state index contributed by atoms with van der Waals surface area (Å²) in [4.78, 5) is 57.1. The van der Waals surface area contributed by atoms with Gasteiger partial charge in [0.2, 0.25) is 0 Å². The first kappa shape index (κ1) is 33.7. The highest BCUT2D eigenvalue weighted by atomic mass is 32.2. The quantitative estimate of drug-likeness (QED) is 0.0463. The highest BCUT2D eigenvalue weighted by Crippen LogP contribution is 2.45. The molecule has 0 spiro atoms. The van der Waals surface area contributed by atoms with Gasteiger partial charge >= 0.3 is 5.97 Å². The highest BCUT2D eigenvalue weighted by molar-refractivity contribution is 8.08. The zero-order chi connectivity index (χ0) is 34.2. The van der Waals surface area contributed by atoms with Crippen LogP contribution in [0.5, 0.6) is 0 Å². The number of hydrogen-bond donors (Lipinski definition) is 2. The number of benzene rings is 2. The topological polar surface area (TPSA) is 149 Å². The zero-order valence-corrected chi connectivity index (χ0v) is 28.3. The average Bonchev–Trinajstić information content (AvgIpc) is 3.57. The summed E-state index contributed by atoms with van der Waals surface area (Å²) in [5.41, 5.74) is 8.44. The molecule has 2 atom stereocenters. The monoisotopic (exact) mass is 710 g/mol. The molecule has 6 rings (SSSR count). The molecule has 1 saturated heterocycles. The van der Waals surface area contributed by atoms with E-state index >= 15 is 0 Å². The number of β-lactam (4-membered cyclic amide) rings is 1. The van der Waals surface area contributed by atoms with Crippen LogP contribution in [0.25, 0.3) is 6.08 Å². The second kappa shape index (κ2) is 15.8. The van der Waals surface area contributed by atoms with Gasteiger partial charge < -0.3 is 20.6 Å². The lowest BCUT2D eigenvalue weighted by molar-refractivity contribution is -0.154. The molecule has 1 fully saturated rings. The predicted molar refractivity (Wildman–Crippen MR) is 193 cm³/mol. The summed E-state index contributed by atoms with van der Waals surface area (Å²) >= 11 is 3.89. The number of pyridine rings is 1. The molecular weight excluding hydrogens is 681 g/mol. The lowest BCUT2D eigenvalue weighted by Crippen LogP contribution is -2.71. The van der Waals surface area contributed by atoms with Gasteiger partial charge in [0, 0.05) is 28.4 Å². The van der Waals surface area contributed by atoms with Gasteiger partial charge in [0.05, 0.1) is 0 Å². The number of amides is 2. The molecule has 49 heavy (non-hydrogen) atoms. The number of nitrogens with one attached hydrogen (secondary N) is 1. The molecule has 4 heterocycles. The number of hydrogen-bond acceptors (Lipinski definition) is 12. The van der Waals surface area contributed by atoms with E-state index in [2.05, 4.69) is 27.0 Å². The largest absolute Gasteiger partial charge is 0.448 e. The zero-order valence-electron chi connectivity index (χ0n) is 25.9. The van der Waals surface area contributed by atoms with Crippen molar-refractivity contribution in [3.05, 3.63) is 142 Å². The molecule has 2 amide bonds. The number of anilines is 1. The second-order valence-electron chi connectivity index (χ2n) is 10.5. The average molecular weight is 711 g/mol. The van der Waals surface area contributed by atoms with Gasteiger partial charge in [-0.1, -0.05) is 96.3 Å². The van der Waals surface area contributed by atoms with Crippen LogP contribution in [0.4, 0.5) is 5.13 Å². The van der Waals surface area contributed by atoms with Crippen LogP contribution in [0.3, 0.4) is 0 Å². The van der Waals surface area contributed by atoms with E-state index in [1.165, 1.54) is 34.5 Å². The lowest BCUT2D eigenvalue weighted by Gasteiger charge is -2.49. The van der Waals surface area contributed by atoms with Crippen molar-refractivity contribution in [2.75, 3.05) is 18.1 Å². The van der Waals surface area contributed by atoms with E-state index < -0.39 is 35.3 Å². The Morgan fingerprint density at radius 2 is 1.86 bits per heavy atom. The molecule has 14 heteroatoms. The molecule has 1 unspecified atom stereocenters. The number of aromatic nitrogens is 2. The van der Waals surface area contributed by atoms with Crippen molar-refractivity contribution < 1.29 is 24.0 Å². The van der Waals surface area contributed by atoms with Gasteiger partial charge in [0.25, 0.3) is 11.8 Å². The van der Waals surface area contributed by atoms with Crippen molar-refractivity contribution in [3.8, 4) is 0 Å². The number of carbonyl (C=O) groups is 3. The van der Waals surface area contributed by atoms with Gasteiger partial charge in [-0.25, -0.2) is 9.78 Å². The van der Waals surface area contributed by atoms with Crippen molar-refractivity contribution in [1.82, 2.24) is 20.2 Å². The Morgan fingerprint density at radius 3 is 2.49 bits per heavy atom. The number of carbonyl (C=O) groups excluding carboxylic acids is 3. The third-order valence-electron chi connectivity index (χ3n) is 7.33. The minimum atomic E-state index is -0.947. The molecule has 0 aliphatic carbocycles. The van der Waals surface area contributed by atoms with Gasteiger partial charge in [0.15, 0.2) is 16.9 Å². The summed E-state index contributed by atoms with van der Waals surface area (Å²) in [6.45, 7) is 3.65. The smallest absolute Gasteiger partial charge is 0.356 e. The van der Waals surface area contributed by atoms with E-state index in [0.29, 0.717) is 10.7 Å². The Hall–Kier alpha value is -5.18. The van der Waals surface area contributed by atoms with Gasteiger partial charge in [0.1, 0.15) is 29.4 Å². The molecule has 2 aliphatic heterocycles. The Labute approximate surface area is 295 Å². The number of thioether (sulfide) groups is 2. The Morgan fingerprint density at radius 1 is 1.12 bits per heavy atom. The van der Waals surface area contributed by atoms with Crippen LogP contribution >= 0.6 is 34.9 Å². The molecule has 248 valence electrons. The minimum absolute atomic E-state index is 0.0594. The Bertz CT molecular complexity index is 1880. The molecule has 2 aliphatic rings. The first-order valence-electron chi connectivity index (χ1n) is 15.0. The third-order valence-corrected chi connectivity index (χ3v) is 10.4. The summed E-state index contributed by atoms with van der Waals surface area (Å²) in [6.07, 6.45) is 6.05. The van der Waals surface area contributed by atoms with Crippen molar-refractivity contribution in [3.63, 3.8) is 0 Å². The number of nitrogen functional groups attached to an aromatic ring is 1. The molecule has 2 aromatic heterocycles. The fourth-order valence-electron chi connectivity index (χ4n) is 5.05. The molecule has 0 radical (unpaired) electrons. The van der Waals surface area contributed by atoms with Crippen LogP contribution in [-0.4, -0.2) is 62.1 Å². The molecule has 3 N–H and O–H groups in total. The molecule has 11 nitrogen and oxygen atoms in total. The lowest BCUT2D eigenvalue weighted by atomic mass is 10.0. The summed E-state index contributed by atoms with van der Waals surface area (Å²) in [5.74, 6) is -1.40. The first-order chi connectivity index (χ1) is 23.9. The number of oxime groups is 1. The van der Waals surface area contributed by atoms with E-state index in [4.69, 9.17) is 15.3 Å². The van der Waals surface area contributed by atoms with Gasteiger partial charge in [-0.15, -0.1) is 23.1 Å². The van der Waals surface area contributed by atoms with Crippen LogP contribution in [0, 0.1) is 0 Å². The van der Waals surface area contributed by atoms with Crippen LogP contribution in [0.15, 0.2) is 124 Å². The maximum atomic E-state index is 14.2. The SMILES string of the molecule is C=CCON=C(C(=O)NC1C(=O)N2C(C(=O)OC(c3ccccc3)c3ccccc3)=C(S/C=C\c3cccnc3)CS[C@H]12)c1csc(N)n1. The van der Waals surface area contributed by atoms with Crippen LogP contribution < -0.4 is 11.1 Å². The van der Waals surface area contributed by atoms with Crippen molar-refractivity contribution in [1.29, 1.82) is 0 Å². The summed E-state index contributed by atoms with van der Waals surface area (Å²) in [6, 6.07) is 21.6. The fourth-order valence-corrected chi connectivity index (χ4v) is 7.95. The standard InChI is InChI=1S/C35H30N6O5S3/c1-2-17-45-40-27(25-20-49-35(36)38-25)31(42)39-28-32(43)41-29(26(21-48-33(28)41)47-18-15-22-10-9-16-37-19-22)34(44)46-30(23-11-5-3-6-12-23)24-13-7-4-8-14-24/h2-16,18-20,28,30,33H,1,17,21H2,(H2,36,38)(H,39,42)/b18-15-,40-27?/t28?,33-/m1/s1. The number of nitrogens with zero attached hydrogens (tertiary/aromatic N) is 4. The Kier molecular flexibility index (Phi) is 10.9. The van der Waals surface area contributed by atoms with Crippen LogP contribution in [-0.2, 0) is 24.0 Å². The molecule has 0 bridgehead atoms. The van der Waals surface area contributed by atoms with Crippen LogP contribution in [0.2, 0.25) is 0 Å². The number of esters is 1. The molecule has 4 aromatic rings. The summed E-state index contributed by atoms with van der Waals surface area (Å²) in [7, 11) is 0. The molecular formula is C35H30N6O5S3. The van der Waals surface area contributed by atoms with E-state index in [1.54, 1.807) is 17.8 Å². The van der Waals surface area contributed by atoms with E-state index in [0.717, 1.165) is 28.0 Å². The van der Waals surface area contributed by atoms with Crippen molar-refractivity contribution in [2.45, 2.75) is 17.5 Å². The number of fused-ring (bicyclic) bond motifs is 1. The normalized spacial score (nSPS) is 17.4. The maximum Gasteiger partial charge on any atom is 0.356 e. The van der Waals surface area contributed by atoms with E-state index in [1.807, 2.05) is 84.3 Å². The van der Waals surface area contributed by atoms with E-state index in [9.17, 15) is 14.4 Å². The number of rotatable bonds is 13. The van der Waals surface area contributed by atoms with Crippen molar-refractivity contribution in [2.24, 2.45) is 5.16 Å². The maximum absolute atomic E-state index is 14.2. The van der Waals surface area contributed by atoms with Gasteiger partial charge in [-0.3, -0.25) is 19.5 Å². The minimum Gasteiger partial charge on any atom is -0.448 e.